The third-order valence-corrected chi connectivity index (χ3v) is 4.66. The van der Waals surface area contributed by atoms with Crippen molar-refractivity contribution < 1.29 is 18.0 Å². The molecule has 1 amide bonds. The summed E-state index contributed by atoms with van der Waals surface area (Å²) in [6.45, 7) is 7.67. The Kier molecular flexibility index (Phi) is 7.96. The summed E-state index contributed by atoms with van der Waals surface area (Å²) in [4.78, 5) is 12.4. The van der Waals surface area contributed by atoms with Crippen LogP contribution in [0.25, 0.3) is 0 Å². The standard InChI is InChI=1S/C19H27F3N2O.ClH/c1-18(2,3)17(14-5-4-6-15(11-14)19(20,21)22)24-16(25)8-7-13-9-10-23-12-13;/h4-6,11,13,17,23H,7-10,12H2,1-3H3,(H,24,25);1H. The highest BCUT2D eigenvalue weighted by atomic mass is 35.5. The van der Waals surface area contributed by atoms with E-state index >= 15 is 0 Å². The SMILES string of the molecule is CC(C)(C)C(NC(=O)CCC1CCNC1)c1cccc(C(F)(F)F)c1.Cl. The van der Waals surface area contributed by atoms with Gasteiger partial charge in [-0.15, -0.1) is 12.4 Å². The van der Waals surface area contributed by atoms with Crippen molar-refractivity contribution in [3.63, 3.8) is 0 Å². The third kappa shape index (κ3) is 6.47. The van der Waals surface area contributed by atoms with E-state index in [9.17, 15) is 18.0 Å². The van der Waals surface area contributed by atoms with Gasteiger partial charge in [0.1, 0.15) is 0 Å². The van der Waals surface area contributed by atoms with Crippen LogP contribution in [0.4, 0.5) is 13.2 Å². The maximum atomic E-state index is 13.0. The topological polar surface area (TPSA) is 41.1 Å². The Hall–Kier alpha value is -1.27. The molecule has 3 nitrogen and oxygen atoms in total. The van der Waals surface area contributed by atoms with Gasteiger partial charge >= 0.3 is 6.18 Å². The fraction of sp³-hybridized carbons (Fsp3) is 0.632. The maximum Gasteiger partial charge on any atom is 0.416 e. The zero-order valence-electron chi connectivity index (χ0n) is 15.5. The summed E-state index contributed by atoms with van der Waals surface area (Å²) in [7, 11) is 0. The largest absolute Gasteiger partial charge is 0.416 e. The number of benzene rings is 1. The quantitative estimate of drug-likeness (QED) is 0.761. The monoisotopic (exact) mass is 392 g/mol. The van der Waals surface area contributed by atoms with E-state index in [0.29, 0.717) is 17.9 Å². The van der Waals surface area contributed by atoms with Gasteiger partial charge in [0.15, 0.2) is 0 Å². The van der Waals surface area contributed by atoms with Crippen LogP contribution in [0.5, 0.6) is 0 Å². The third-order valence-electron chi connectivity index (χ3n) is 4.66. The van der Waals surface area contributed by atoms with Crippen molar-refractivity contribution >= 4 is 18.3 Å². The first-order valence-corrected chi connectivity index (χ1v) is 8.74. The summed E-state index contributed by atoms with van der Waals surface area (Å²) < 4.78 is 39.0. The van der Waals surface area contributed by atoms with Gasteiger partial charge in [-0.1, -0.05) is 32.9 Å². The van der Waals surface area contributed by atoms with Crippen molar-refractivity contribution in [2.45, 2.75) is 52.3 Å². The second kappa shape index (κ2) is 9.09. The molecule has 26 heavy (non-hydrogen) atoms. The van der Waals surface area contributed by atoms with Crippen LogP contribution >= 0.6 is 12.4 Å². The molecule has 0 spiro atoms. The predicted octanol–water partition coefficient (Wildman–Crippen LogP) is 4.72. The number of hydrogen-bond acceptors (Lipinski definition) is 2. The molecule has 0 aliphatic carbocycles. The van der Waals surface area contributed by atoms with Crippen molar-refractivity contribution in [3.05, 3.63) is 35.4 Å². The zero-order chi connectivity index (χ0) is 18.7. The second-order valence-corrected chi connectivity index (χ2v) is 7.89. The highest BCUT2D eigenvalue weighted by molar-refractivity contribution is 5.85. The van der Waals surface area contributed by atoms with Crippen LogP contribution < -0.4 is 10.6 Å². The van der Waals surface area contributed by atoms with Gasteiger partial charge in [0, 0.05) is 6.42 Å². The van der Waals surface area contributed by atoms with Crippen LogP contribution in [0.15, 0.2) is 24.3 Å². The molecule has 1 aromatic rings. The smallest absolute Gasteiger partial charge is 0.349 e. The molecular formula is C19H28ClF3N2O. The van der Waals surface area contributed by atoms with Crippen molar-refractivity contribution in [2.24, 2.45) is 11.3 Å². The minimum Gasteiger partial charge on any atom is -0.349 e. The average Bonchev–Trinajstić information content (AvgIpc) is 3.02. The van der Waals surface area contributed by atoms with Crippen LogP contribution in [-0.4, -0.2) is 19.0 Å². The molecule has 2 atom stereocenters. The average molecular weight is 393 g/mol. The molecular weight excluding hydrogens is 365 g/mol. The van der Waals surface area contributed by atoms with E-state index in [1.807, 2.05) is 20.8 Å². The minimum atomic E-state index is -4.39. The highest BCUT2D eigenvalue weighted by Gasteiger charge is 2.33. The van der Waals surface area contributed by atoms with Crippen molar-refractivity contribution in [2.75, 3.05) is 13.1 Å². The van der Waals surface area contributed by atoms with E-state index in [-0.39, 0.29) is 18.3 Å². The molecule has 1 heterocycles. The number of carbonyl (C=O) groups is 1. The summed E-state index contributed by atoms with van der Waals surface area (Å²) in [5, 5.41) is 6.22. The lowest BCUT2D eigenvalue weighted by molar-refractivity contribution is -0.137. The molecule has 0 bridgehead atoms. The van der Waals surface area contributed by atoms with Crippen LogP contribution in [0.3, 0.4) is 0 Å². The van der Waals surface area contributed by atoms with Crippen molar-refractivity contribution in [3.8, 4) is 0 Å². The van der Waals surface area contributed by atoms with Crippen LogP contribution in [0.1, 0.15) is 57.2 Å². The van der Waals surface area contributed by atoms with Gasteiger partial charge in [-0.3, -0.25) is 4.79 Å². The van der Waals surface area contributed by atoms with E-state index in [1.165, 1.54) is 6.07 Å². The Balaban J connectivity index is 0.00000338. The van der Waals surface area contributed by atoms with Gasteiger partial charge in [0.05, 0.1) is 11.6 Å². The first kappa shape index (κ1) is 22.8. The molecule has 0 saturated carbocycles. The van der Waals surface area contributed by atoms with E-state index in [1.54, 1.807) is 6.07 Å². The Morgan fingerprint density at radius 1 is 1.31 bits per heavy atom. The van der Waals surface area contributed by atoms with E-state index in [4.69, 9.17) is 0 Å². The molecule has 1 saturated heterocycles. The summed E-state index contributed by atoms with van der Waals surface area (Å²) in [5.74, 6) is 0.400. The summed E-state index contributed by atoms with van der Waals surface area (Å²) >= 11 is 0. The number of carbonyl (C=O) groups excluding carboxylic acids is 1. The van der Waals surface area contributed by atoms with Crippen LogP contribution in [0.2, 0.25) is 0 Å². The van der Waals surface area contributed by atoms with Gasteiger partial charge in [0.25, 0.3) is 0 Å². The van der Waals surface area contributed by atoms with Gasteiger partial charge in [-0.25, -0.2) is 0 Å². The maximum absolute atomic E-state index is 13.0. The lowest BCUT2D eigenvalue weighted by atomic mass is 9.81. The zero-order valence-corrected chi connectivity index (χ0v) is 16.3. The molecule has 2 N–H and O–H groups in total. The van der Waals surface area contributed by atoms with Gasteiger partial charge in [0.2, 0.25) is 5.91 Å². The predicted molar refractivity (Wildman–Crippen MR) is 99.2 cm³/mol. The number of rotatable bonds is 5. The summed E-state index contributed by atoms with van der Waals surface area (Å²) in [6, 6.07) is 4.76. The Morgan fingerprint density at radius 2 is 2.00 bits per heavy atom. The Bertz CT molecular complexity index is 593. The number of amides is 1. The first-order valence-electron chi connectivity index (χ1n) is 8.74. The Labute approximate surface area is 159 Å². The second-order valence-electron chi connectivity index (χ2n) is 7.89. The minimum absolute atomic E-state index is 0. The van der Waals surface area contributed by atoms with Crippen LogP contribution in [0, 0.1) is 11.3 Å². The van der Waals surface area contributed by atoms with E-state index in [2.05, 4.69) is 10.6 Å². The van der Waals surface area contributed by atoms with E-state index in [0.717, 1.165) is 38.1 Å². The molecule has 2 unspecified atom stereocenters. The van der Waals surface area contributed by atoms with Gasteiger partial charge in [-0.05, 0) is 55.0 Å². The molecule has 1 fully saturated rings. The van der Waals surface area contributed by atoms with Crippen molar-refractivity contribution in [1.82, 2.24) is 10.6 Å². The summed E-state index contributed by atoms with van der Waals surface area (Å²) in [5.41, 5.74) is -0.599. The molecule has 148 valence electrons. The van der Waals surface area contributed by atoms with Crippen molar-refractivity contribution in [1.29, 1.82) is 0 Å². The molecule has 0 radical (unpaired) electrons. The molecule has 1 aliphatic rings. The number of alkyl halides is 3. The van der Waals surface area contributed by atoms with E-state index < -0.39 is 23.2 Å². The lowest BCUT2D eigenvalue weighted by Gasteiger charge is -2.32. The first-order chi connectivity index (χ1) is 11.6. The number of nitrogens with one attached hydrogen (secondary N) is 2. The number of halogens is 4. The lowest BCUT2D eigenvalue weighted by Crippen LogP contribution is -2.37. The molecule has 7 heteroatoms. The molecule has 0 aromatic heterocycles. The van der Waals surface area contributed by atoms with Gasteiger partial charge in [-0.2, -0.15) is 13.2 Å². The van der Waals surface area contributed by atoms with Gasteiger partial charge < -0.3 is 10.6 Å². The number of hydrogen-bond donors (Lipinski definition) is 2. The summed E-state index contributed by atoms with van der Waals surface area (Å²) in [6.07, 6.45) is -2.11. The molecule has 1 aromatic carbocycles. The Morgan fingerprint density at radius 3 is 2.54 bits per heavy atom. The molecule has 1 aliphatic heterocycles. The van der Waals surface area contributed by atoms with Crippen LogP contribution in [-0.2, 0) is 11.0 Å². The highest BCUT2D eigenvalue weighted by Crippen LogP contribution is 2.36. The molecule has 2 rings (SSSR count). The normalized spacial score (nSPS) is 18.9. The fourth-order valence-electron chi connectivity index (χ4n) is 3.22. The fourth-order valence-corrected chi connectivity index (χ4v) is 3.22.